The van der Waals surface area contributed by atoms with E-state index in [0.29, 0.717) is 0 Å². The molecule has 7 heteroatoms. The number of aliphatic carboxylic acids is 1. The second-order valence-electron chi connectivity index (χ2n) is 3.79. The fourth-order valence-electron chi connectivity index (χ4n) is 1.53. The van der Waals surface area contributed by atoms with Crippen molar-refractivity contribution in [2.75, 3.05) is 14.2 Å². The van der Waals surface area contributed by atoms with Gasteiger partial charge in [0.05, 0.1) is 25.7 Å². The van der Waals surface area contributed by atoms with Crippen molar-refractivity contribution in [3.05, 3.63) is 22.7 Å². The molecule has 0 heterocycles. The molecule has 0 bridgehead atoms. The summed E-state index contributed by atoms with van der Waals surface area (Å²) in [5, 5.41) is 8.26. The van der Waals surface area contributed by atoms with Crippen molar-refractivity contribution in [3.63, 3.8) is 0 Å². The Labute approximate surface area is 113 Å². The SMILES string of the molecule is COc1cc(Cl)c(C(F)(F)CCC(=O)O)cc1OC. The first kappa shape index (κ1) is 15.5. The van der Waals surface area contributed by atoms with Crippen LogP contribution in [0.15, 0.2) is 12.1 Å². The molecule has 106 valence electrons. The van der Waals surface area contributed by atoms with E-state index in [4.69, 9.17) is 26.2 Å². The molecular formula is C12H13ClF2O4. The van der Waals surface area contributed by atoms with Gasteiger partial charge in [0.2, 0.25) is 0 Å². The van der Waals surface area contributed by atoms with Gasteiger partial charge in [0.1, 0.15) is 0 Å². The Bertz CT molecular complexity index is 477. The zero-order valence-electron chi connectivity index (χ0n) is 10.4. The van der Waals surface area contributed by atoms with Gasteiger partial charge >= 0.3 is 5.97 Å². The lowest BCUT2D eigenvalue weighted by Crippen LogP contribution is -2.16. The van der Waals surface area contributed by atoms with Crippen LogP contribution in [0.1, 0.15) is 18.4 Å². The first-order valence-electron chi connectivity index (χ1n) is 5.33. The number of alkyl halides is 2. The predicted octanol–water partition coefficient (Wildman–Crippen LogP) is 3.31. The summed E-state index contributed by atoms with van der Waals surface area (Å²) in [4.78, 5) is 10.4. The first-order valence-corrected chi connectivity index (χ1v) is 5.71. The van der Waals surface area contributed by atoms with Crippen LogP contribution in [0.3, 0.4) is 0 Å². The van der Waals surface area contributed by atoms with Crippen molar-refractivity contribution >= 4 is 17.6 Å². The standard InChI is InChI=1S/C12H13ClF2O4/c1-18-9-5-7(8(13)6-10(9)19-2)12(14,15)4-3-11(16)17/h5-6H,3-4H2,1-2H3,(H,16,17). The van der Waals surface area contributed by atoms with E-state index >= 15 is 0 Å². The van der Waals surface area contributed by atoms with Crippen LogP contribution in [0.4, 0.5) is 8.78 Å². The molecule has 0 saturated carbocycles. The maximum absolute atomic E-state index is 13.9. The molecule has 0 aliphatic carbocycles. The van der Waals surface area contributed by atoms with Crippen LogP contribution in [-0.2, 0) is 10.7 Å². The maximum Gasteiger partial charge on any atom is 0.303 e. The van der Waals surface area contributed by atoms with Crippen LogP contribution in [0, 0.1) is 0 Å². The molecule has 0 amide bonds. The van der Waals surface area contributed by atoms with E-state index in [1.165, 1.54) is 20.3 Å². The summed E-state index contributed by atoms with van der Waals surface area (Å²) in [5.41, 5.74) is -0.479. The van der Waals surface area contributed by atoms with Crippen molar-refractivity contribution in [1.29, 1.82) is 0 Å². The van der Waals surface area contributed by atoms with Gasteiger partial charge in [0, 0.05) is 18.1 Å². The number of ether oxygens (including phenoxy) is 2. The molecule has 1 aromatic rings. The lowest BCUT2D eigenvalue weighted by molar-refractivity contribution is -0.139. The van der Waals surface area contributed by atoms with Crippen molar-refractivity contribution < 1.29 is 28.2 Å². The summed E-state index contributed by atoms with van der Waals surface area (Å²) in [7, 11) is 2.67. The van der Waals surface area contributed by atoms with Gasteiger partial charge in [-0.15, -0.1) is 0 Å². The van der Waals surface area contributed by atoms with Gasteiger partial charge in [-0.1, -0.05) is 11.6 Å². The normalized spacial score (nSPS) is 11.2. The predicted molar refractivity (Wildman–Crippen MR) is 65.3 cm³/mol. The summed E-state index contributed by atoms with van der Waals surface area (Å²) in [6, 6.07) is 2.27. The van der Waals surface area contributed by atoms with E-state index in [1.807, 2.05) is 0 Å². The van der Waals surface area contributed by atoms with Crippen molar-refractivity contribution in [2.24, 2.45) is 0 Å². The number of rotatable bonds is 6. The van der Waals surface area contributed by atoms with Crippen molar-refractivity contribution in [1.82, 2.24) is 0 Å². The quantitative estimate of drug-likeness (QED) is 0.874. The molecule has 0 aromatic heterocycles. The second kappa shape index (κ2) is 6.06. The number of carboxylic acid groups (broad SMARTS) is 1. The van der Waals surface area contributed by atoms with E-state index in [-0.39, 0.29) is 16.5 Å². The zero-order chi connectivity index (χ0) is 14.6. The highest BCUT2D eigenvalue weighted by molar-refractivity contribution is 6.31. The van der Waals surface area contributed by atoms with Gasteiger partial charge in [-0.3, -0.25) is 4.79 Å². The molecule has 1 aromatic carbocycles. The van der Waals surface area contributed by atoms with Crippen molar-refractivity contribution in [2.45, 2.75) is 18.8 Å². The Hall–Kier alpha value is -1.56. The Balaban J connectivity index is 3.14. The monoisotopic (exact) mass is 294 g/mol. The van der Waals surface area contributed by atoms with Crippen molar-refractivity contribution in [3.8, 4) is 11.5 Å². The summed E-state index contributed by atoms with van der Waals surface area (Å²) in [6.07, 6.45) is -1.49. The minimum atomic E-state index is -3.35. The summed E-state index contributed by atoms with van der Waals surface area (Å²) < 4.78 is 37.6. The number of carboxylic acids is 1. The average Bonchev–Trinajstić information content (AvgIpc) is 2.35. The first-order chi connectivity index (χ1) is 8.81. The van der Waals surface area contributed by atoms with Gasteiger partial charge in [-0.25, -0.2) is 8.78 Å². The molecule has 0 fully saturated rings. The molecule has 0 radical (unpaired) electrons. The Morgan fingerprint density at radius 3 is 2.32 bits per heavy atom. The van der Waals surface area contributed by atoms with Gasteiger partial charge in [-0.2, -0.15) is 0 Å². The molecule has 0 atom stereocenters. The average molecular weight is 295 g/mol. The minimum Gasteiger partial charge on any atom is -0.493 e. The van der Waals surface area contributed by atoms with Crippen LogP contribution >= 0.6 is 11.6 Å². The summed E-state index contributed by atoms with van der Waals surface area (Å²) in [6.45, 7) is 0. The van der Waals surface area contributed by atoms with Crippen LogP contribution in [0.25, 0.3) is 0 Å². The van der Waals surface area contributed by atoms with Gasteiger partial charge in [0.15, 0.2) is 11.5 Å². The third kappa shape index (κ3) is 3.70. The highest BCUT2D eigenvalue weighted by Gasteiger charge is 2.35. The number of hydrogen-bond acceptors (Lipinski definition) is 3. The lowest BCUT2D eigenvalue weighted by Gasteiger charge is -2.19. The van der Waals surface area contributed by atoms with Crippen LogP contribution < -0.4 is 9.47 Å². The van der Waals surface area contributed by atoms with Crippen LogP contribution in [0.2, 0.25) is 5.02 Å². The smallest absolute Gasteiger partial charge is 0.303 e. The molecule has 19 heavy (non-hydrogen) atoms. The number of carbonyl (C=O) groups is 1. The largest absolute Gasteiger partial charge is 0.493 e. The van der Waals surface area contributed by atoms with Crippen LogP contribution in [0.5, 0.6) is 11.5 Å². The maximum atomic E-state index is 13.9. The fraction of sp³-hybridized carbons (Fsp3) is 0.417. The van der Waals surface area contributed by atoms with E-state index in [2.05, 4.69) is 0 Å². The topological polar surface area (TPSA) is 55.8 Å². The molecule has 0 aliphatic rings. The highest BCUT2D eigenvalue weighted by atomic mass is 35.5. The molecule has 4 nitrogen and oxygen atoms in total. The van der Waals surface area contributed by atoms with Gasteiger partial charge < -0.3 is 14.6 Å². The molecular weight excluding hydrogens is 282 g/mol. The minimum absolute atomic E-state index is 0.108. The Kier molecular flexibility index (Phi) is 4.94. The number of benzene rings is 1. The summed E-state index contributed by atoms with van der Waals surface area (Å²) >= 11 is 5.77. The molecule has 1 N–H and O–H groups in total. The zero-order valence-corrected chi connectivity index (χ0v) is 11.1. The second-order valence-corrected chi connectivity index (χ2v) is 4.19. The van der Waals surface area contributed by atoms with E-state index in [9.17, 15) is 13.6 Å². The molecule has 0 spiro atoms. The Morgan fingerprint density at radius 2 is 1.84 bits per heavy atom. The third-order valence-electron chi connectivity index (χ3n) is 2.52. The molecule has 1 rings (SSSR count). The number of methoxy groups -OCH3 is 2. The van der Waals surface area contributed by atoms with Crippen LogP contribution in [-0.4, -0.2) is 25.3 Å². The fourth-order valence-corrected chi connectivity index (χ4v) is 1.82. The molecule has 0 saturated heterocycles. The number of halogens is 3. The summed E-state index contributed by atoms with van der Waals surface area (Å²) in [5.74, 6) is -4.31. The van der Waals surface area contributed by atoms with E-state index in [1.54, 1.807) is 0 Å². The van der Waals surface area contributed by atoms with E-state index < -0.39 is 30.3 Å². The van der Waals surface area contributed by atoms with Gasteiger partial charge in [0.25, 0.3) is 5.92 Å². The van der Waals surface area contributed by atoms with Gasteiger partial charge in [-0.05, 0) is 6.07 Å². The molecule has 0 aliphatic heterocycles. The number of hydrogen-bond donors (Lipinski definition) is 1. The Morgan fingerprint density at radius 1 is 1.32 bits per heavy atom. The van der Waals surface area contributed by atoms with E-state index in [0.717, 1.165) is 6.07 Å². The highest BCUT2D eigenvalue weighted by Crippen LogP contribution is 2.42. The molecule has 0 unspecified atom stereocenters. The third-order valence-corrected chi connectivity index (χ3v) is 2.83. The lowest BCUT2D eigenvalue weighted by atomic mass is 10.0.